The van der Waals surface area contributed by atoms with Gasteiger partial charge < -0.3 is 20.9 Å². The average Bonchev–Trinajstić information content (AvgIpc) is 3.76. The zero-order chi connectivity index (χ0) is 30.1. The smallest absolute Gasteiger partial charge is 0.341 e. The fraction of sp³-hybridized carbons (Fsp3) is 0.516. The molecular weight excluding hydrogens is 585 g/mol. The summed E-state index contributed by atoms with van der Waals surface area (Å²) in [5.74, 6) is 0.997. The third-order valence-corrected chi connectivity index (χ3v) is 12.0. The molecule has 0 bridgehead atoms. The molecule has 2 saturated heterocycles. The van der Waals surface area contributed by atoms with Gasteiger partial charge in [-0.2, -0.15) is 11.8 Å². The van der Waals surface area contributed by atoms with Crippen molar-refractivity contribution in [3.05, 3.63) is 58.1 Å². The van der Waals surface area contributed by atoms with Gasteiger partial charge in [0.05, 0.1) is 17.0 Å². The number of amides is 5. The van der Waals surface area contributed by atoms with Crippen LogP contribution in [0.25, 0.3) is 0 Å². The molecule has 0 saturated carbocycles. The lowest BCUT2D eigenvalue weighted by Gasteiger charge is -2.19. The van der Waals surface area contributed by atoms with Gasteiger partial charge in [0.2, 0.25) is 5.91 Å². The van der Waals surface area contributed by atoms with Gasteiger partial charge >= 0.3 is 12.1 Å². The van der Waals surface area contributed by atoms with Crippen LogP contribution in [-0.4, -0.2) is 57.2 Å². The number of carbonyl (C=O) groups excluding carboxylic acids is 3. The highest BCUT2D eigenvalue weighted by molar-refractivity contribution is 8.00. The van der Waals surface area contributed by atoms with Gasteiger partial charge in [-0.05, 0) is 91.3 Å². The number of aryl methyl sites for hydroxylation is 2. The normalized spacial score (nSPS) is 23.0. The predicted octanol–water partition coefficient (Wildman–Crippen LogP) is 4.28. The first-order valence-corrected chi connectivity index (χ1v) is 17.8. The minimum atomic E-state index is -3.45. The summed E-state index contributed by atoms with van der Waals surface area (Å²) in [6, 6.07) is 8.71. The van der Waals surface area contributed by atoms with Gasteiger partial charge in [0.25, 0.3) is 0 Å². The average molecular weight is 625 g/mol. The molecular formula is C31H40N6O4S2. The molecule has 2 aromatic rings. The Kier molecular flexibility index (Phi) is 8.70. The maximum absolute atomic E-state index is 13.3. The minimum Gasteiger partial charge on any atom is -0.341 e. The molecule has 6 rings (SSSR count). The van der Waals surface area contributed by atoms with Crippen LogP contribution in [0.2, 0.25) is 0 Å². The van der Waals surface area contributed by atoms with Crippen LogP contribution in [0.3, 0.4) is 0 Å². The Bertz CT molecular complexity index is 1520. The number of nitrogens with one attached hydrogen (secondary N) is 3. The number of anilines is 1. The monoisotopic (exact) mass is 624 g/mol. The van der Waals surface area contributed by atoms with Crippen molar-refractivity contribution in [2.24, 2.45) is 9.50 Å². The van der Waals surface area contributed by atoms with Crippen molar-refractivity contribution >= 4 is 45.3 Å². The van der Waals surface area contributed by atoms with Crippen LogP contribution in [-0.2, 0) is 46.9 Å². The topological polar surface area (TPSA) is 146 Å². The Morgan fingerprint density at radius 3 is 2.47 bits per heavy atom. The number of rotatable bonds is 9. The predicted molar refractivity (Wildman–Crippen MR) is 169 cm³/mol. The quantitative estimate of drug-likeness (QED) is 0.243. The summed E-state index contributed by atoms with van der Waals surface area (Å²) in [7, 11) is -1.67. The third kappa shape index (κ3) is 6.56. The number of nitrogens with two attached hydrogens (primary N) is 1. The fourth-order valence-corrected chi connectivity index (χ4v) is 9.35. The van der Waals surface area contributed by atoms with Gasteiger partial charge in [-0.3, -0.25) is 4.79 Å². The number of urea groups is 2. The maximum Gasteiger partial charge on any atom is 0.354 e. The molecule has 1 unspecified atom stereocenters. The van der Waals surface area contributed by atoms with Crippen LogP contribution in [0, 0.1) is 0 Å². The number of hydrogen-bond donors (Lipinski definition) is 4. The van der Waals surface area contributed by atoms with E-state index < -0.39 is 15.9 Å². The molecule has 5 N–H and O–H groups in total. The van der Waals surface area contributed by atoms with Crippen LogP contribution < -0.4 is 21.1 Å². The summed E-state index contributed by atoms with van der Waals surface area (Å²) < 4.78 is 17.2. The standard InChI is InChI=1S/C31H40N6O4S2/c1-37(27(38)11-3-2-10-26-29-25(18-42-26)33-30(39)35-29)17-19-12-14-22(15-13-19)43(32,41)36-31(40)34-28-23-8-4-6-20(23)16-21-7-5-9-24(21)28/h12-16,25-26,29H,2-11,17-18H2,1H3,(H2,33,35,39)(H3,32,34,36,40,41)/t25-,26-,29-,43?/m0/s1. The molecule has 2 aliphatic heterocycles. The molecule has 12 heteroatoms. The number of unbranched alkanes of at least 4 members (excludes halogenated alkanes) is 1. The van der Waals surface area contributed by atoms with E-state index in [4.69, 9.17) is 5.14 Å². The molecule has 2 fully saturated rings. The Morgan fingerprint density at radius 1 is 1.07 bits per heavy atom. The van der Waals surface area contributed by atoms with E-state index in [2.05, 4.69) is 26.4 Å². The van der Waals surface area contributed by atoms with Crippen LogP contribution >= 0.6 is 11.8 Å². The van der Waals surface area contributed by atoms with Crippen molar-refractivity contribution < 1.29 is 18.6 Å². The van der Waals surface area contributed by atoms with Crippen molar-refractivity contribution in [3.8, 4) is 0 Å². The highest BCUT2D eigenvalue weighted by Crippen LogP contribution is 2.39. The lowest BCUT2D eigenvalue weighted by molar-refractivity contribution is -0.130. The van der Waals surface area contributed by atoms with Crippen molar-refractivity contribution in [2.75, 3.05) is 18.1 Å². The van der Waals surface area contributed by atoms with Crippen LogP contribution in [0.4, 0.5) is 15.3 Å². The SMILES string of the molecule is CN(Cc1ccc(S(N)(=O)=NC(=O)Nc2c3c(cc4c2CCC4)CCC3)cc1)C(=O)CCCC[C@@H]1SC[C@@H]2NC(=O)N[C@@H]21. The summed E-state index contributed by atoms with van der Waals surface area (Å²) in [5.41, 5.74) is 6.66. The highest BCUT2D eigenvalue weighted by Gasteiger charge is 2.42. The molecule has 43 heavy (non-hydrogen) atoms. The van der Waals surface area contributed by atoms with E-state index in [1.54, 1.807) is 36.2 Å². The lowest BCUT2D eigenvalue weighted by atomic mass is 9.99. The second-order valence-electron chi connectivity index (χ2n) is 12.1. The van der Waals surface area contributed by atoms with E-state index >= 15 is 0 Å². The van der Waals surface area contributed by atoms with Crippen molar-refractivity contribution in [1.82, 2.24) is 15.5 Å². The first-order valence-electron chi connectivity index (χ1n) is 15.2. The molecule has 4 atom stereocenters. The molecule has 230 valence electrons. The number of nitrogens with zero attached hydrogens (tertiary/aromatic N) is 2. The number of benzene rings is 2. The van der Waals surface area contributed by atoms with Crippen LogP contribution in [0.1, 0.15) is 66.3 Å². The summed E-state index contributed by atoms with van der Waals surface area (Å²) >= 11 is 1.89. The molecule has 0 aromatic heterocycles. The second kappa shape index (κ2) is 12.5. The van der Waals surface area contributed by atoms with E-state index in [1.807, 2.05) is 11.8 Å². The van der Waals surface area contributed by atoms with E-state index in [0.29, 0.717) is 18.2 Å². The minimum absolute atomic E-state index is 0.0602. The first kappa shape index (κ1) is 30.0. The Labute approximate surface area is 257 Å². The fourth-order valence-electron chi connectivity index (χ4n) is 6.88. The van der Waals surface area contributed by atoms with Crippen molar-refractivity contribution in [2.45, 2.75) is 93.0 Å². The molecule has 0 spiro atoms. The number of carbonyl (C=O) groups is 3. The third-order valence-electron chi connectivity index (χ3n) is 9.10. The summed E-state index contributed by atoms with van der Waals surface area (Å²) in [6.45, 7) is 0.409. The Balaban J connectivity index is 1.00. The number of hydrogen-bond acceptors (Lipinski definition) is 5. The highest BCUT2D eigenvalue weighted by atomic mass is 32.2. The largest absolute Gasteiger partial charge is 0.354 e. The molecule has 10 nitrogen and oxygen atoms in total. The van der Waals surface area contributed by atoms with Gasteiger partial charge in [-0.1, -0.05) is 24.6 Å². The molecule has 2 aliphatic carbocycles. The number of fused-ring (bicyclic) bond motifs is 3. The van der Waals surface area contributed by atoms with Crippen molar-refractivity contribution in [3.63, 3.8) is 0 Å². The molecule has 2 aromatic carbocycles. The molecule has 2 heterocycles. The zero-order valence-corrected chi connectivity index (χ0v) is 26.2. The van der Waals surface area contributed by atoms with E-state index in [0.717, 1.165) is 74.8 Å². The molecule has 5 amide bonds. The first-order chi connectivity index (χ1) is 20.7. The Hall–Kier alpha value is -3.09. The van der Waals surface area contributed by atoms with Gasteiger partial charge in [0, 0.05) is 36.7 Å². The second-order valence-corrected chi connectivity index (χ2v) is 15.1. The van der Waals surface area contributed by atoms with Gasteiger partial charge in [0.15, 0.2) is 0 Å². The van der Waals surface area contributed by atoms with E-state index in [9.17, 15) is 18.6 Å². The maximum atomic E-state index is 13.3. The van der Waals surface area contributed by atoms with Gasteiger partial charge in [-0.25, -0.2) is 18.9 Å². The summed E-state index contributed by atoms with van der Waals surface area (Å²) in [5, 5.41) is 15.4. The van der Waals surface area contributed by atoms with Gasteiger partial charge in [-0.15, -0.1) is 4.36 Å². The van der Waals surface area contributed by atoms with Crippen molar-refractivity contribution in [1.29, 1.82) is 0 Å². The molecule has 0 radical (unpaired) electrons. The lowest BCUT2D eigenvalue weighted by Crippen LogP contribution is -2.36. The summed E-state index contributed by atoms with van der Waals surface area (Å²) in [6.07, 6.45) is 9.19. The zero-order valence-electron chi connectivity index (χ0n) is 24.5. The molecule has 4 aliphatic rings. The Morgan fingerprint density at radius 2 is 1.77 bits per heavy atom. The summed E-state index contributed by atoms with van der Waals surface area (Å²) in [4.78, 5) is 39.2. The van der Waals surface area contributed by atoms with E-state index in [1.165, 1.54) is 22.3 Å². The van der Waals surface area contributed by atoms with Crippen LogP contribution in [0.15, 0.2) is 39.6 Å². The number of thioether (sulfide) groups is 1. The van der Waals surface area contributed by atoms with Crippen LogP contribution in [0.5, 0.6) is 0 Å². The van der Waals surface area contributed by atoms with E-state index in [-0.39, 0.29) is 28.9 Å². The van der Waals surface area contributed by atoms with Gasteiger partial charge in [0.1, 0.15) is 9.92 Å².